The summed E-state index contributed by atoms with van der Waals surface area (Å²) in [6.07, 6.45) is 2.33. The van der Waals surface area contributed by atoms with E-state index in [-0.39, 0.29) is 6.10 Å². The van der Waals surface area contributed by atoms with Gasteiger partial charge in [-0.1, -0.05) is 28.1 Å². The monoisotopic (exact) mass is 308 g/mol. The van der Waals surface area contributed by atoms with Gasteiger partial charge in [-0.25, -0.2) is 0 Å². The van der Waals surface area contributed by atoms with Gasteiger partial charge in [-0.05, 0) is 30.7 Å². The maximum absolute atomic E-state index is 5.98. The predicted molar refractivity (Wildman–Crippen MR) is 76.0 cm³/mol. The molecule has 0 saturated carbocycles. The summed E-state index contributed by atoms with van der Waals surface area (Å²) in [5.74, 6) is 1.47. The van der Waals surface area contributed by atoms with Gasteiger partial charge in [-0.2, -0.15) is 0 Å². The number of hydrogen-bond acceptors (Lipinski definition) is 3. The Morgan fingerprint density at radius 2 is 2.17 bits per heavy atom. The average molecular weight is 309 g/mol. The third-order valence-corrected chi connectivity index (χ3v) is 4.05. The van der Waals surface area contributed by atoms with Crippen molar-refractivity contribution in [2.75, 3.05) is 19.6 Å². The van der Waals surface area contributed by atoms with Gasteiger partial charge in [0.05, 0.1) is 6.54 Å². The van der Waals surface area contributed by atoms with Crippen LogP contribution >= 0.6 is 15.9 Å². The Hall–Kier alpha value is -0.870. The molecule has 1 N–H and O–H groups in total. The van der Waals surface area contributed by atoms with Gasteiger partial charge >= 0.3 is 0 Å². The molecule has 0 aliphatic carbocycles. The van der Waals surface area contributed by atoms with Crippen molar-refractivity contribution in [1.82, 2.24) is 5.32 Å². The van der Waals surface area contributed by atoms with E-state index in [0.29, 0.717) is 5.92 Å². The number of hydrogen-bond donors (Lipinski definition) is 1. The van der Waals surface area contributed by atoms with E-state index in [1.54, 1.807) is 0 Å². The Bertz CT molecular complexity index is 438. The molecule has 2 atom stereocenters. The molecule has 3 rings (SSSR count). The minimum Gasteiger partial charge on any atom is -0.475 e. The molecule has 2 aliphatic heterocycles. The number of halogens is 1. The number of aliphatic imine (C=N–C) groups is 1. The van der Waals surface area contributed by atoms with Crippen molar-refractivity contribution >= 4 is 21.8 Å². The summed E-state index contributed by atoms with van der Waals surface area (Å²) in [4.78, 5) is 4.56. The van der Waals surface area contributed by atoms with Gasteiger partial charge in [0, 0.05) is 23.4 Å². The van der Waals surface area contributed by atoms with Gasteiger partial charge in [0.2, 0.25) is 0 Å². The molecule has 96 valence electrons. The molecule has 1 aromatic carbocycles. The summed E-state index contributed by atoms with van der Waals surface area (Å²) >= 11 is 3.45. The highest BCUT2D eigenvalue weighted by Gasteiger charge is 2.28. The number of nitrogens with one attached hydrogen (secondary N) is 1. The van der Waals surface area contributed by atoms with Crippen LogP contribution in [0.4, 0.5) is 0 Å². The van der Waals surface area contributed by atoms with Crippen molar-refractivity contribution in [2.45, 2.75) is 18.9 Å². The second-order valence-corrected chi connectivity index (χ2v) is 5.85. The maximum atomic E-state index is 5.98. The zero-order valence-electron chi connectivity index (χ0n) is 10.2. The topological polar surface area (TPSA) is 33.6 Å². The molecule has 1 aromatic rings. The first-order valence-electron chi connectivity index (χ1n) is 6.47. The molecule has 0 aromatic heterocycles. The lowest BCUT2D eigenvalue weighted by molar-refractivity contribution is 0.211. The van der Waals surface area contributed by atoms with E-state index >= 15 is 0 Å². The average Bonchev–Trinajstić information content (AvgIpc) is 3.02. The SMILES string of the molecule is Brc1ccc(CC2CN=C(C3CCNC3)O2)cc1. The van der Waals surface area contributed by atoms with Crippen molar-refractivity contribution < 1.29 is 4.74 Å². The second kappa shape index (κ2) is 5.41. The first-order chi connectivity index (χ1) is 8.81. The molecule has 3 nitrogen and oxygen atoms in total. The molecule has 0 amide bonds. The molecule has 0 bridgehead atoms. The Morgan fingerprint density at radius 3 is 2.89 bits per heavy atom. The lowest BCUT2D eigenvalue weighted by atomic mass is 10.1. The van der Waals surface area contributed by atoms with Gasteiger partial charge in [0.1, 0.15) is 6.10 Å². The van der Waals surface area contributed by atoms with Crippen molar-refractivity contribution in [1.29, 1.82) is 0 Å². The second-order valence-electron chi connectivity index (χ2n) is 4.94. The van der Waals surface area contributed by atoms with Crippen molar-refractivity contribution in [3.63, 3.8) is 0 Å². The van der Waals surface area contributed by atoms with E-state index in [9.17, 15) is 0 Å². The highest BCUT2D eigenvalue weighted by molar-refractivity contribution is 9.10. The highest BCUT2D eigenvalue weighted by Crippen LogP contribution is 2.20. The summed E-state index contributed by atoms with van der Waals surface area (Å²) in [5.41, 5.74) is 1.31. The van der Waals surface area contributed by atoms with Crippen LogP contribution in [-0.2, 0) is 11.2 Å². The van der Waals surface area contributed by atoms with E-state index in [1.807, 2.05) is 0 Å². The third kappa shape index (κ3) is 2.75. The minimum atomic E-state index is 0.224. The van der Waals surface area contributed by atoms with E-state index in [1.165, 1.54) is 5.56 Å². The van der Waals surface area contributed by atoms with Crippen LogP contribution in [0.15, 0.2) is 33.7 Å². The standard InChI is InChI=1S/C14H17BrN2O/c15-12-3-1-10(2-4-12)7-13-9-17-14(18-13)11-5-6-16-8-11/h1-4,11,13,16H,5-9H2. The molecule has 0 spiro atoms. The first kappa shape index (κ1) is 12.2. The zero-order valence-corrected chi connectivity index (χ0v) is 11.8. The lowest BCUT2D eigenvalue weighted by Gasteiger charge is -2.14. The van der Waals surface area contributed by atoms with Gasteiger partial charge in [0.15, 0.2) is 5.90 Å². The van der Waals surface area contributed by atoms with Crippen LogP contribution in [0.3, 0.4) is 0 Å². The van der Waals surface area contributed by atoms with Gasteiger partial charge in [-0.15, -0.1) is 0 Å². The molecule has 2 unspecified atom stereocenters. The molecule has 1 fully saturated rings. The van der Waals surface area contributed by atoms with Crippen LogP contribution in [-0.4, -0.2) is 31.6 Å². The number of ether oxygens (including phenoxy) is 1. The van der Waals surface area contributed by atoms with Gasteiger partial charge < -0.3 is 10.1 Å². The molecule has 0 radical (unpaired) electrons. The summed E-state index contributed by atoms with van der Waals surface area (Å²) in [5, 5.41) is 3.35. The van der Waals surface area contributed by atoms with Crippen molar-refractivity contribution in [2.24, 2.45) is 10.9 Å². The van der Waals surface area contributed by atoms with Gasteiger partial charge in [0.25, 0.3) is 0 Å². The Balaban J connectivity index is 1.55. The van der Waals surface area contributed by atoms with E-state index < -0.39 is 0 Å². The number of rotatable bonds is 3. The Labute approximate surface area is 116 Å². The van der Waals surface area contributed by atoms with Crippen molar-refractivity contribution in [3.8, 4) is 0 Å². The number of benzene rings is 1. The maximum Gasteiger partial charge on any atom is 0.188 e. The highest BCUT2D eigenvalue weighted by atomic mass is 79.9. The molecule has 2 aliphatic rings. The molecular formula is C14H17BrN2O. The Kier molecular flexibility index (Phi) is 3.66. The van der Waals surface area contributed by atoms with E-state index in [2.05, 4.69) is 50.5 Å². The lowest BCUT2D eigenvalue weighted by Crippen LogP contribution is -2.22. The molecular weight excluding hydrogens is 292 g/mol. The molecule has 18 heavy (non-hydrogen) atoms. The zero-order chi connectivity index (χ0) is 12.4. The predicted octanol–water partition coefficient (Wildman–Crippen LogP) is 2.40. The fourth-order valence-corrected chi connectivity index (χ4v) is 2.78. The van der Waals surface area contributed by atoms with Crippen LogP contribution in [0.2, 0.25) is 0 Å². The Morgan fingerprint density at radius 1 is 1.33 bits per heavy atom. The van der Waals surface area contributed by atoms with E-state index in [0.717, 1.165) is 42.8 Å². The molecule has 1 saturated heterocycles. The fraction of sp³-hybridized carbons (Fsp3) is 0.500. The summed E-state index contributed by atoms with van der Waals surface area (Å²) < 4.78 is 7.10. The minimum absolute atomic E-state index is 0.224. The largest absolute Gasteiger partial charge is 0.475 e. The van der Waals surface area contributed by atoms with Crippen LogP contribution in [0.5, 0.6) is 0 Å². The summed E-state index contributed by atoms with van der Waals surface area (Å²) in [7, 11) is 0. The number of nitrogens with zero attached hydrogens (tertiary/aromatic N) is 1. The van der Waals surface area contributed by atoms with Crippen LogP contribution in [0.1, 0.15) is 12.0 Å². The van der Waals surface area contributed by atoms with E-state index in [4.69, 9.17) is 4.74 Å². The van der Waals surface area contributed by atoms with Crippen LogP contribution in [0, 0.1) is 5.92 Å². The molecule has 2 heterocycles. The van der Waals surface area contributed by atoms with Crippen LogP contribution in [0.25, 0.3) is 0 Å². The van der Waals surface area contributed by atoms with Crippen molar-refractivity contribution in [3.05, 3.63) is 34.3 Å². The quantitative estimate of drug-likeness (QED) is 0.930. The normalized spacial score (nSPS) is 27.1. The van der Waals surface area contributed by atoms with Crippen LogP contribution < -0.4 is 5.32 Å². The first-order valence-corrected chi connectivity index (χ1v) is 7.27. The summed E-state index contributed by atoms with van der Waals surface area (Å²) in [6.45, 7) is 2.91. The smallest absolute Gasteiger partial charge is 0.188 e. The van der Waals surface area contributed by atoms with Gasteiger partial charge in [-0.3, -0.25) is 4.99 Å². The molecule has 4 heteroatoms. The summed E-state index contributed by atoms with van der Waals surface area (Å²) in [6, 6.07) is 8.44. The fourth-order valence-electron chi connectivity index (χ4n) is 2.52. The third-order valence-electron chi connectivity index (χ3n) is 3.52.